The third-order valence-electron chi connectivity index (χ3n) is 2.29. The van der Waals surface area contributed by atoms with Crippen LogP contribution in [-0.4, -0.2) is 50.1 Å². The molecule has 0 aromatic rings. The fourth-order valence-electron chi connectivity index (χ4n) is 1.53. The zero-order valence-electron chi connectivity index (χ0n) is 7.58. The summed E-state index contributed by atoms with van der Waals surface area (Å²) >= 11 is 0. The molecule has 2 nitrogen and oxygen atoms in total. The van der Waals surface area contributed by atoms with Crippen LogP contribution >= 0.6 is 0 Å². The highest BCUT2D eigenvalue weighted by Crippen LogP contribution is 2.06. The van der Waals surface area contributed by atoms with Crippen LogP contribution in [0.25, 0.3) is 0 Å². The van der Waals surface area contributed by atoms with Crippen LogP contribution in [0.2, 0.25) is 0 Å². The van der Waals surface area contributed by atoms with Gasteiger partial charge >= 0.3 is 0 Å². The van der Waals surface area contributed by atoms with E-state index >= 15 is 0 Å². The van der Waals surface area contributed by atoms with E-state index in [0.717, 1.165) is 13.1 Å². The third-order valence-corrected chi connectivity index (χ3v) is 2.29. The lowest BCUT2D eigenvalue weighted by Crippen LogP contribution is -2.25. The van der Waals surface area contributed by atoms with Crippen molar-refractivity contribution in [2.45, 2.75) is 0 Å². The number of likely N-dealkylation sites (N-methyl/N-ethyl adjacent to an activating group) is 2. The van der Waals surface area contributed by atoms with Gasteiger partial charge in [0, 0.05) is 32.1 Å². The van der Waals surface area contributed by atoms with E-state index in [4.69, 9.17) is 0 Å². The zero-order valence-corrected chi connectivity index (χ0v) is 7.58. The first-order valence-corrected chi connectivity index (χ1v) is 4.22. The minimum Gasteiger partial charge on any atom is -0.304 e. The normalized spacial score (nSPS) is 24.9. The van der Waals surface area contributed by atoms with Crippen molar-refractivity contribution in [2.75, 3.05) is 40.3 Å². The van der Waals surface area contributed by atoms with Crippen molar-refractivity contribution in [1.82, 2.24) is 9.80 Å². The predicted molar refractivity (Wildman–Crippen MR) is 48.7 cm³/mol. The topological polar surface area (TPSA) is 6.48 Å². The maximum Gasteiger partial charge on any atom is 0.0106 e. The van der Waals surface area contributed by atoms with E-state index in [1.54, 1.807) is 0 Å². The average Bonchev–Trinajstić information content (AvgIpc) is 2.13. The quantitative estimate of drug-likeness (QED) is 0.512. The molecule has 0 aliphatic carbocycles. The molecule has 0 spiro atoms. The van der Waals surface area contributed by atoms with Gasteiger partial charge in [-0.05, 0) is 14.1 Å². The van der Waals surface area contributed by atoms with Crippen LogP contribution in [0.5, 0.6) is 0 Å². The summed E-state index contributed by atoms with van der Waals surface area (Å²) in [5, 5.41) is 0. The molecular weight excluding hydrogens is 136 g/mol. The second-order valence-electron chi connectivity index (χ2n) is 3.52. The number of hydrogen-bond acceptors (Lipinski definition) is 2. The molecule has 0 radical (unpaired) electrons. The molecule has 11 heavy (non-hydrogen) atoms. The summed E-state index contributed by atoms with van der Waals surface area (Å²) < 4.78 is 0. The van der Waals surface area contributed by atoms with Gasteiger partial charge in [-0.1, -0.05) is 6.08 Å². The van der Waals surface area contributed by atoms with Gasteiger partial charge in [0.2, 0.25) is 0 Å². The smallest absolute Gasteiger partial charge is 0.0106 e. The molecule has 0 amide bonds. The molecule has 1 fully saturated rings. The Bertz CT molecular complexity index is 122. The molecule has 1 aliphatic rings. The molecule has 0 bridgehead atoms. The summed E-state index contributed by atoms with van der Waals surface area (Å²) in [7, 11) is 4.35. The second kappa shape index (κ2) is 3.88. The molecule has 0 atom stereocenters. The summed E-state index contributed by atoms with van der Waals surface area (Å²) in [6.07, 6.45) is 2.07. The molecule has 0 saturated carbocycles. The molecular formula is C9H18N2. The highest BCUT2D eigenvalue weighted by atomic mass is 15.2. The highest BCUT2D eigenvalue weighted by molar-refractivity contribution is 4.85. The van der Waals surface area contributed by atoms with Crippen LogP contribution in [-0.2, 0) is 0 Å². The summed E-state index contributed by atoms with van der Waals surface area (Å²) in [5.74, 6) is 0.646. The fraction of sp³-hybridized carbons (Fsp3) is 0.778. The first-order chi connectivity index (χ1) is 5.22. The van der Waals surface area contributed by atoms with E-state index in [-0.39, 0.29) is 0 Å². The summed E-state index contributed by atoms with van der Waals surface area (Å²) in [5.41, 5.74) is 0. The summed E-state index contributed by atoms with van der Waals surface area (Å²) in [4.78, 5) is 4.74. The standard InChI is InChI=1S/C9H18N2/c1-4-9-7-10(2)5-6-11(3)8-9/h4,9H,1,5-8H2,2-3H3. The van der Waals surface area contributed by atoms with Crippen LogP contribution in [0.4, 0.5) is 0 Å². The highest BCUT2D eigenvalue weighted by Gasteiger charge is 2.15. The molecule has 0 N–H and O–H groups in total. The molecule has 2 heteroatoms. The molecule has 1 heterocycles. The molecule has 0 aromatic heterocycles. The molecule has 0 aromatic carbocycles. The van der Waals surface area contributed by atoms with Crippen LogP contribution in [0, 0.1) is 5.92 Å². The van der Waals surface area contributed by atoms with Crippen LogP contribution in [0.15, 0.2) is 12.7 Å². The maximum atomic E-state index is 3.84. The number of hydrogen-bond donors (Lipinski definition) is 0. The summed E-state index contributed by atoms with van der Waals surface area (Å²) in [6, 6.07) is 0. The molecule has 1 saturated heterocycles. The SMILES string of the molecule is C=CC1CN(C)CCN(C)C1. The third kappa shape index (κ3) is 2.64. The largest absolute Gasteiger partial charge is 0.304 e. The van der Waals surface area contributed by atoms with E-state index < -0.39 is 0 Å². The van der Waals surface area contributed by atoms with E-state index in [1.165, 1.54) is 13.1 Å². The van der Waals surface area contributed by atoms with E-state index in [0.29, 0.717) is 5.92 Å². The van der Waals surface area contributed by atoms with Crippen molar-refractivity contribution in [1.29, 1.82) is 0 Å². The van der Waals surface area contributed by atoms with Crippen molar-refractivity contribution >= 4 is 0 Å². The molecule has 0 unspecified atom stereocenters. The van der Waals surface area contributed by atoms with Crippen molar-refractivity contribution in [3.05, 3.63) is 12.7 Å². The Labute approximate surface area is 69.5 Å². The monoisotopic (exact) mass is 154 g/mol. The van der Waals surface area contributed by atoms with Gasteiger partial charge in [0.15, 0.2) is 0 Å². The van der Waals surface area contributed by atoms with E-state index in [1.807, 2.05) is 0 Å². The Morgan fingerprint density at radius 3 is 2.00 bits per heavy atom. The van der Waals surface area contributed by atoms with Gasteiger partial charge in [0.1, 0.15) is 0 Å². The minimum absolute atomic E-state index is 0.646. The number of nitrogens with zero attached hydrogens (tertiary/aromatic N) is 2. The lowest BCUT2D eigenvalue weighted by molar-refractivity contribution is 0.320. The van der Waals surface area contributed by atoms with Gasteiger partial charge in [-0.3, -0.25) is 0 Å². The van der Waals surface area contributed by atoms with Crippen molar-refractivity contribution in [2.24, 2.45) is 5.92 Å². The van der Waals surface area contributed by atoms with Gasteiger partial charge < -0.3 is 9.80 Å². The van der Waals surface area contributed by atoms with Crippen molar-refractivity contribution in [3.63, 3.8) is 0 Å². The minimum atomic E-state index is 0.646. The Morgan fingerprint density at radius 2 is 1.64 bits per heavy atom. The van der Waals surface area contributed by atoms with Gasteiger partial charge in [-0.2, -0.15) is 0 Å². The average molecular weight is 154 g/mol. The lowest BCUT2D eigenvalue weighted by Gasteiger charge is -2.16. The van der Waals surface area contributed by atoms with E-state index in [9.17, 15) is 0 Å². The van der Waals surface area contributed by atoms with Crippen molar-refractivity contribution in [3.8, 4) is 0 Å². The second-order valence-corrected chi connectivity index (χ2v) is 3.52. The summed E-state index contributed by atoms with van der Waals surface area (Å²) in [6.45, 7) is 8.53. The Morgan fingerprint density at radius 1 is 1.18 bits per heavy atom. The Kier molecular flexibility index (Phi) is 3.09. The molecule has 1 rings (SSSR count). The van der Waals surface area contributed by atoms with Crippen molar-refractivity contribution < 1.29 is 0 Å². The first-order valence-electron chi connectivity index (χ1n) is 4.22. The lowest BCUT2D eigenvalue weighted by atomic mass is 10.1. The Hall–Kier alpha value is -0.340. The maximum absolute atomic E-state index is 3.84. The fourth-order valence-corrected chi connectivity index (χ4v) is 1.53. The van der Waals surface area contributed by atoms with Gasteiger partial charge in [-0.25, -0.2) is 0 Å². The molecule has 1 aliphatic heterocycles. The molecule has 64 valence electrons. The Balaban J connectivity index is 2.47. The van der Waals surface area contributed by atoms with Crippen LogP contribution in [0.1, 0.15) is 0 Å². The van der Waals surface area contributed by atoms with Gasteiger partial charge in [0.05, 0.1) is 0 Å². The van der Waals surface area contributed by atoms with Crippen LogP contribution < -0.4 is 0 Å². The van der Waals surface area contributed by atoms with Gasteiger partial charge in [-0.15, -0.1) is 6.58 Å². The predicted octanol–water partition coefficient (Wildman–Crippen LogP) is 0.666. The van der Waals surface area contributed by atoms with Crippen LogP contribution in [0.3, 0.4) is 0 Å². The number of rotatable bonds is 1. The zero-order chi connectivity index (χ0) is 8.27. The van der Waals surface area contributed by atoms with Gasteiger partial charge in [0.25, 0.3) is 0 Å². The first kappa shape index (κ1) is 8.75. The van der Waals surface area contributed by atoms with E-state index in [2.05, 4.69) is 36.6 Å².